The number of amides is 1. The van der Waals surface area contributed by atoms with E-state index in [0.29, 0.717) is 18.8 Å². The molecule has 1 aromatic heterocycles. The molecule has 0 aliphatic carbocycles. The van der Waals surface area contributed by atoms with Gasteiger partial charge in [-0.25, -0.2) is 0 Å². The highest BCUT2D eigenvalue weighted by atomic mass is 32.2. The molecule has 0 fully saturated rings. The van der Waals surface area contributed by atoms with Crippen LogP contribution in [0, 0.1) is 0 Å². The van der Waals surface area contributed by atoms with Gasteiger partial charge in [-0.1, -0.05) is 23.9 Å². The number of carbonyl (C=O) groups excluding carboxylic acids is 1. The van der Waals surface area contributed by atoms with Crippen LogP contribution in [0.25, 0.3) is 0 Å². The highest BCUT2D eigenvalue weighted by Gasteiger charge is 2.17. The standard InChI is InChI=1S/C15H18N4O2S/c1-21-12-6-3-11(4-7-12)5-8-13(20)16-14-17-18-15-19(14)9-2-10-22-15/h3-4,6-7H,2,5,8-10H2,1H3,(H,16,17,20). The number of aryl methyl sites for hydroxylation is 1. The Balaban J connectivity index is 1.55. The zero-order valence-electron chi connectivity index (χ0n) is 12.4. The molecule has 6 nitrogen and oxygen atoms in total. The lowest BCUT2D eigenvalue weighted by atomic mass is 10.1. The highest BCUT2D eigenvalue weighted by Crippen LogP contribution is 2.25. The average Bonchev–Trinajstić information content (AvgIpc) is 2.97. The summed E-state index contributed by atoms with van der Waals surface area (Å²) in [5.74, 6) is 2.40. The van der Waals surface area contributed by atoms with Crippen LogP contribution in [0.4, 0.5) is 5.95 Å². The molecule has 2 aromatic rings. The SMILES string of the molecule is COc1ccc(CCC(=O)Nc2nnc3n2CCCS3)cc1. The van der Waals surface area contributed by atoms with E-state index in [1.54, 1.807) is 18.9 Å². The van der Waals surface area contributed by atoms with Crippen molar-refractivity contribution >= 4 is 23.6 Å². The number of fused-ring (bicyclic) bond motifs is 1. The lowest BCUT2D eigenvalue weighted by molar-refractivity contribution is -0.116. The maximum Gasteiger partial charge on any atom is 0.231 e. The molecular weight excluding hydrogens is 300 g/mol. The number of hydrogen-bond donors (Lipinski definition) is 1. The van der Waals surface area contributed by atoms with Gasteiger partial charge in [0.1, 0.15) is 5.75 Å². The molecule has 1 aromatic carbocycles. The fourth-order valence-electron chi connectivity index (χ4n) is 2.31. The van der Waals surface area contributed by atoms with Gasteiger partial charge in [0.05, 0.1) is 7.11 Å². The highest BCUT2D eigenvalue weighted by molar-refractivity contribution is 7.99. The molecule has 1 N–H and O–H groups in total. The topological polar surface area (TPSA) is 69.0 Å². The third-order valence-corrected chi connectivity index (χ3v) is 4.58. The molecule has 116 valence electrons. The van der Waals surface area contributed by atoms with E-state index in [4.69, 9.17) is 4.74 Å². The summed E-state index contributed by atoms with van der Waals surface area (Å²) >= 11 is 1.68. The number of hydrogen-bond acceptors (Lipinski definition) is 5. The number of carbonyl (C=O) groups is 1. The molecule has 0 atom stereocenters. The maximum absolute atomic E-state index is 12.1. The summed E-state index contributed by atoms with van der Waals surface area (Å²) in [6.45, 7) is 0.865. The number of nitrogens with zero attached hydrogens (tertiary/aromatic N) is 3. The van der Waals surface area contributed by atoms with Crippen molar-refractivity contribution in [3.05, 3.63) is 29.8 Å². The van der Waals surface area contributed by atoms with Crippen LogP contribution in [0.1, 0.15) is 18.4 Å². The molecule has 0 bridgehead atoms. The number of thioether (sulfide) groups is 1. The lowest BCUT2D eigenvalue weighted by Crippen LogP contribution is -2.18. The lowest BCUT2D eigenvalue weighted by Gasteiger charge is -2.14. The predicted molar refractivity (Wildman–Crippen MR) is 85.3 cm³/mol. The second-order valence-corrected chi connectivity index (χ2v) is 6.12. The average molecular weight is 318 g/mol. The van der Waals surface area contributed by atoms with Crippen molar-refractivity contribution < 1.29 is 9.53 Å². The van der Waals surface area contributed by atoms with Crippen LogP contribution in [0.5, 0.6) is 5.75 Å². The van der Waals surface area contributed by atoms with E-state index in [9.17, 15) is 4.79 Å². The first kappa shape index (κ1) is 14.9. The van der Waals surface area contributed by atoms with Gasteiger partial charge in [0.2, 0.25) is 11.9 Å². The number of anilines is 1. The smallest absolute Gasteiger partial charge is 0.231 e. The third kappa shape index (κ3) is 3.41. The molecule has 2 heterocycles. The van der Waals surface area contributed by atoms with Crippen LogP contribution in [0.3, 0.4) is 0 Å². The van der Waals surface area contributed by atoms with E-state index >= 15 is 0 Å². The zero-order valence-corrected chi connectivity index (χ0v) is 13.2. The summed E-state index contributed by atoms with van der Waals surface area (Å²) < 4.78 is 7.09. The van der Waals surface area contributed by atoms with Crippen molar-refractivity contribution in [1.82, 2.24) is 14.8 Å². The quantitative estimate of drug-likeness (QED) is 0.916. The van der Waals surface area contributed by atoms with Crippen LogP contribution >= 0.6 is 11.8 Å². The normalized spacial score (nSPS) is 13.5. The van der Waals surface area contributed by atoms with Crippen LogP contribution in [-0.2, 0) is 17.8 Å². The molecule has 0 radical (unpaired) electrons. The van der Waals surface area contributed by atoms with E-state index < -0.39 is 0 Å². The van der Waals surface area contributed by atoms with Gasteiger partial charge >= 0.3 is 0 Å². The molecule has 1 aliphatic heterocycles. The number of ether oxygens (including phenoxy) is 1. The van der Waals surface area contributed by atoms with E-state index in [1.165, 1.54) is 0 Å². The summed E-state index contributed by atoms with van der Waals surface area (Å²) in [6, 6.07) is 7.75. The molecule has 3 rings (SSSR count). The van der Waals surface area contributed by atoms with E-state index in [-0.39, 0.29) is 5.91 Å². The van der Waals surface area contributed by atoms with Crippen molar-refractivity contribution in [2.45, 2.75) is 31.0 Å². The van der Waals surface area contributed by atoms with Gasteiger partial charge in [0.15, 0.2) is 5.16 Å². The number of benzene rings is 1. The van der Waals surface area contributed by atoms with Crippen LogP contribution < -0.4 is 10.1 Å². The van der Waals surface area contributed by atoms with Crippen LogP contribution in [0.2, 0.25) is 0 Å². The number of aromatic nitrogens is 3. The molecule has 0 saturated heterocycles. The van der Waals surface area contributed by atoms with E-state index in [2.05, 4.69) is 15.5 Å². The Labute approximate surface area is 133 Å². The minimum atomic E-state index is -0.0402. The van der Waals surface area contributed by atoms with Crippen molar-refractivity contribution in [2.24, 2.45) is 0 Å². The largest absolute Gasteiger partial charge is 0.497 e. The summed E-state index contributed by atoms with van der Waals surface area (Å²) in [7, 11) is 1.64. The maximum atomic E-state index is 12.1. The fraction of sp³-hybridized carbons (Fsp3) is 0.400. The van der Waals surface area contributed by atoms with Crippen molar-refractivity contribution in [2.75, 3.05) is 18.2 Å². The van der Waals surface area contributed by atoms with Gasteiger partial charge in [-0.3, -0.25) is 14.7 Å². The molecule has 7 heteroatoms. The van der Waals surface area contributed by atoms with Gasteiger partial charge in [0, 0.05) is 18.7 Å². The van der Waals surface area contributed by atoms with Crippen molar-refractivity contribution in [3.8, 4) is 5.75 Å². The molecule has 0 saturated carbocycles. The minimum Gasteiger partial charge on any atom is -0.497 e. The third-order valence-electron chi connectivity index (χ3n) is 3.53. The van der Waals surface area contributed by atoms with Crippen molar-refractivity contribution in [1.29, 1.82) is 0 Å². The Morgan fingerprint density at radius 1 is 1.36 bits per heavy atom. The van der Waals surface area contributed by atoms with Crippen LogP contribution in [0.15, 0.2) is 29.4 Å². The van der Waals surface area contributed by atoms with Gasteiger partial charge in [-0.15, -0.1) is 10.2 Å². The summed E-state index contributed by atoms with van der Waals surface area (Å²) in [6.07, 6.45) is 2.18. The Bertz CT molecular complexity index is 654. The van der Waals surface area contributed by atoms with E-state index in [1.807, 2.05) is 28.8 Å². The van der Waals surface area contributed by atoms with Gasteiger partial charge in [-0.05, 0) is 30.5 Å². The number of methoxy groups -OCH3 is 1. The molecular formula is C15H18N4O2S. The predicted octanol–water partition coefficient (Wildman–Crippen LogP) is 2.35. The molecule has 0 spiro atoms. The molecule has 22 heavy (non-hydrogen) atoms. The van der Waals surface area contributed by atoms with Gasteiger partial charge in [0.25, 0.3) is 0 Å². The molecule has 0 unspecified atom stereocenters. The second kappa shape index (κ2) is 6.83. The Morgan fingerprint density at radius 3 is 2.95 bits per heavy atom. The van der Waals surface area contributed by atoms with Gasteiger partial charge < -0.3 is 4.74 Å². The molecule has 1 amide bonds. The monoisotopic (exact) mass is 318 g/mol. The number of nitrogens with one attached hydrogen (secondary N) is 1. The van der Waals surface area contributed by atoms with Crippen molar-refractivity contribution in [3.63, 3.8) is 0 Å². The number of rotatable bonds is 5. The van der Waals surface area contributed by atoms with Gasteiger partial charge in [-0.2, -0.15) is 0 Å². The molecule has 1 aliphatic rings. The first-order chi connectivity index (χ1) is 10.8. The second-order valence-electron chi connectivity index (χ2n) is 5.06. The van der Waals surface area contributed by atoms with Crippen LogP contribution in [-0.4, -0.2) is 33.5 Å². The van der Waals surface area contributed by atoms with E-state index in [0.717, 1.165) is 35.2 Å². The first-order valence-corrected chi connectivity index (χ1v) is 8.23. The Hall–Kier alpha value is -2.02. The summed E-state index contributed by atoms with van der Waals surface area (Å²) in [5, 5.41) is 11.9. The first-order valence-electron chi connectivity index (χ1n) is 7.25. The Morgan fingerprint density at radius 2 is 2.18 bits per heavy atom. The summed E-state index contributed by atoms with van der Waals surface area (Å²) in [4.78, 5) is 12.1. The fourth-order valence-corrected chi connectivity index (χ4v) is 3.20. The summed E-state index contributed by atoms with van der Waals surface area (Å²) in [5.41, 5.74) is 1.11. The zero-order chi connectivity index (χ0) is 15.4. The minimum absolute atomic E-state index is 0.0402. The Kier molecular flexibility index (Phi) is 4.62.